The number of carbonyl (C=O) groups excluding carboxylic acids is 1. The molecule has 4 heterocycles. The van der Waals surface area contributed by atoms with Crippen LogP contribution in [0.25, 0.3) is 0 Å². The molecule has 0 aliphatic carbocycles. The molecule has 2 aromatic heterocycles. The van der Waals surface area contributed by atoms with Crippen LogP contribution in [0, 0.1) is 12.8 Å². The number of hydrogen-bond donors (Lipinski definition) is 0. The molecular weight excluding hydrogens is 310 g/mol. The lowest BCUT2D eigenvalue weighted by Gasteiger charge is -2.42. The van der Waals surface area contributed by atoms with Crippen LogP contribution in [-0.4, -0.2) is 33.4 Å². The number of hydrogen-bond acceptors (Lipinski definition) is 4. The SMILES string of the molecule is Cc1nc(CC(=O)N2CC3CC(C2)c2cccc(=O)n2C3)cs1. The van der Waals surface area contributed by atoms with Crippen LogP contribution in [0.2, 0.25) is 0 Å². The van der Waals surface area contributed by atoms with E-state index in [0.29, 0.717) is 18.9 Å². The van der Waals surface area contributed by atoms with Crippen molar-refractivity contribution in [2.24, 2.45) is 5.92 Å². The van der Waals surface area contributed by atoms with Crippen molar-refractivity contribution >= 4 is 17.2 Å². The van der Waals surface area contributed by atoms with Crippen molar-refractivity contribution in [1.29, 1.82) is 0 Å². The summed E-state index contributed by atoms with van der Waals surface area (Å²) < 4.78 is 1.89. The Bertz CT molecular complexity index is 810. The van der Waals surface area contributed by atoms with E-state index in [9.17, 15) is 9.59 Å². The van der Waals surface area contributed by atoms with Crippen LogP contribution >= 0.6 is 11.3 Å². The second kappa shape index (κ2) is 5.60. The van der Waals surface area contributed by atoms with Gasteiger partial charge in [-0.3, -0.25) is 9.59 Å². The smallest absolute Gasteiger partial charge is 0.250 e. The topological polar surface area (TPSA) is 55.2 Å². The van der Waals surface area contributed by atoms with Gasteiger partial charge in [-0.05, 0) is 25.3 Å². The van der Waals surface area contributed by atoms with Crippen molar-refractivity contribution in [2.45, 2.75) is 32.2 Å². The lowest BCUT2D eigenvalue weighted by atomic mass is 9.83. The Morgan fingerprint density at radius 3 is 3.00 bits per heavy atom. The third-order valence-electron chi connectivity index (χ3n) is 4.83. The maximum absolute atomic E-state index is 12.6. The third kappa shape index (κ3) is 2.72. The molecule has 1 fully saturated rings. The second-order valence-electron chi connectivity index (χ2n) is 6.53. The van der Waals surface area contributed by atoms with E-state index in [-0.39, 0.29) is 17.4 Å². The first-order valence-electron chi connectivity index (χ1n) is 7.98. The van der Waals surface area contributed by atoms with Crippen LogP contribution in [0.15, 0.2) is 28.4 Å². The van der Waals surface area contributed by atoms with Crippen LogP contribution in [0.1, 0.15) is 28.7 Å². The molecule has 2 aliphatic rings. The molecule has 0 aromatic carbocycles. The number of fused-ring (bicyclic) bond motifs is 4. The third-order valence-corrected chi connectivity index (χ3v) is 5.65. The molecule has 0 N–H and O–H groups in total. The lowest BCUT2D eigenvalue weighted by Crippen LogP contribution is -2.49. The molecule has 2 aromatic rings. The van der Waals surface area contributed by atoms with Gasteiger partial charge >= 0.3 is 0 Å². The summed E-state index contributed by atoms with van der Waals surface area (Å²) in [4.78, 5) is 31.0. The van der Waals surface area contributed by atoms with Gasteiger partial charge in [-0.1, -0.05) is 6.07 Å². The minimum atomic E-state index is 0.0786. The Morgan fingerprint density at radius 2 is 2.22 bits per heavy atom. The van der Waals surface area contributed by atoms with Crippen LogP contribution in [0.3, 0.4) is 0 Å². The van der Waals surface area contributed by atoms with Crippen LogP contribution < -0.4 is 5.56 Å². The Labute approximate surface area is 138 Å². The summed E-state index contributed by atoms with van der Waals surface area (Å²) in [7, 11) is 0. The first-order chi connectivity index (χ1) is 11.1. The van der Waals surface area contributed by atoms with Gasteiger partial charge in [-0.2, -0.15) is 0 Å². The van der Waals surface area contributed by atoms with E-state index in [1.54, 1.807) is 17.4 Å². The first-order valence-corrected chi connectivity index (χ1v) is 8.86. The molecule has 2 aliphatic heterocycles. The molecule has 2 unspecified atom stereocenters. The van der Waals surface area contributed by atoms with E-state index in [0.717, 1.165) is 35.9 Å². The first kappa shape index (κ1) is 14.6. The lowest BCUT2D eigenvalue weighted by molar-refractivity contribution is -0.133. The van der Waals surface area contributed by atoms with Gasteiger partial charge in [0.15, 0.2) is 0 Å². The van der Waals surface area contributed by atoms with Gasteiger partial charge in [-0.15, -0.1) is 11.3 Å². The zero-order valence-electron chi connectivity index (χ0n) is 13.1. The zero-order valence-corrected chi connectivity index (χ0v) is 13.9. The van der Waals surface area contributed by atoms with Crippen molar-refractivity contribution < 1.29 is 4.79 Å². The average molecular weight is 329 g/mol. The Hall–Kier alpha value is -1.95. The summed E-state index contributed by atoms with van der Waals surface area (Å²) >= 11 is 1.58. The number of likely N-dealkylation sites (tertiary alicyclic amines) is 1. The van der Waals surface area contributed by atoms with E-state index in [4.69, 9.17) is 0 Å². The second-order valence-corrected chi connectivity index (χ2v) is 7.59. The highest BCUT2D eigenvalue weighted by Gasteiger charge is 2.36. The fraction of sp³-hybridized carbons (Fsp3) is 0.471. The number of thiazole rings is 1. The largest absolute Gasteiger partial charge is 0.341 e. The number of carbonyl (C=O) groups is 1. The van der Waals surface area contributed by atoms with Gasteiger partial charge in [-0.25, -0.2) is 4.98 Å². The van der Waals surface area contributed by atoms with E-state index in [2.05, 4.69) is 4.98 Å². The van der Waals surface area contributed by atoms with Gasteiger partial charge in [0.25, 0.3) is 5.56 Å². The molecule has 5 nitrogen and oxygen atoms in total. The number of piperidine rings is 1. The van der Waals surface area contributed by atoms with Crippen molar-refractivity contribution in [3.63, 3.8) is 0 Å². The molecule has 0 radical (unpaired) electrons. The summed E-state index contributed by atoms with van der Waals surface area (Å²) in [5, 5.41) is 2.96. The molecule has 0 spiro atoms. The maximum Gasteiger partial charge on any atom is 0.250 e. The van der Waals surface area contributed by atoms with Crippen LogP contribution in [-0.2, 0) is 17.8 Å². The average Bonchev–Trinajstić information content (AvgIpc) is 2.93. The standard InChI is InChI=1S/C17H19N3O2S/c1-11-18-14(10-23-11)6-17(22)19-7-12-5-13(9-19)15-3-2-4-16(21)20(15)8-12/h2-4,10,12-13H,5-9H2,1H3. The minimum absolute atomic E-state index is 0.0786. The van der Waals surface area contributed by atoms with Gasteiger partial charge in [0.05, 0.1) is 17.1 Å². The van der Waals surface area contributed by atoms with E-state index < -0.39 is 0 Å². The highest BCUT2D eigenvalue weighted by atomic mass is 32.1. The number of aromatic nitrogens is 2. The summed E-state index contributed by atoms with van der Waals surface area (Å²) in [5.74, 6) is 0.803. The van der Waals surface area contributed by atoms with E-state index >= 15 is 0 Å². The fourth-order valence-electron chi connectivity index (χ4n) is 3.86. The molecule has 23 heavy (non-hydrogen) atoms. The van der Waals surface area contributed by atoms with Gasteiger partial charge in [0.2, 0.25) is 5.91 Å². The number of aryl methyl sites for hydroxylation is 1. The van der Waals surface area contributed by atoms with Crippen molar-refractivity contribution in [3.8, 4) is 0 Å². The van der Waals surface area contributed by atoms with E-state index in [1.165, 1.54) is 0 Å². The molecule has 2 bridgehead atoms. The molecule has 120 valence electrons. The van der Waals surface area contributed by atoms with Crippen molar-refractivity contribution in [2.75, 3.05) is 13.1 Å². The van der Waals surface area contributed by atoms with Gasteiger partial charge < -0.3 is 9.47 Å². The maximum atomic E-state index is 12.6. The Kier molecular flexibility index (Phi) is 3.56. The molecule has 2 atom stereocenters. The summed E-state index contributed by atoms with van der Waals surface area (Å²) in [6.07, 6.45) is 1.45. The quantitative estimate of drug-likeness (QED) is 0.844. The van der Waals surface area contributed by atoms with Crippen LogP contribution in [0.4, 0.5) is 0 Å². The van der Waals surface area contributed by atoms with Gasteiger partial charge in [0.1, 0.15) is 0 Å². The highest BCUT2D eigenvalue weighted by molar-refractivity contribution is 7.09. The van der Waals surface area contributed by atoms with Gasteiger partial charge in [0, 0.05) is 42.7 Å². The summed E-state index contributed by atoms with van der Waals surface area (Å²) in [6.45, 7) is 4.14. The molecule has 0 saturated carbocycles. The minimum Gasteiger partial charge on any atom is -0.341 e. The predicted molar refractivity (Wildman–Crippen MR) is 88.7 cm³/mol. The summed E-state index contributed by atoms with van der Waals surface area (Å²) in [6, 6.07) is 5.48. The fourth-order valence-corrected chi connectivity index (χ4v) is 4.47. The summed E-state index contributed by atoms with van der Waals surface area (Å²) in [5.41, 5.74) is 2.02. The Morgan fingerprint density at radius 1 is 1.35 bits per heavy atom. The number of nitrogens with zero attached hydrogens (tertiary/aromatic N) is 3. The zero-order chi connectivity index (χ0) is 16.0. The molecule has 4 rings (SSSR count). The van der Waals surface area contributed by atoms with Crippen molar-refractivity contribution in [1.82, 2.24) is 14.5 Å². The predicted octanol–water partition coefficient (Wildman–Crippen LogP) is 1.80. The highest BCUT2D eigenvalue weighted by Crippen LogP contribution is 2.35. The normalized spacial score (nSPS) is 22.7. The Balaban J connectivity index is 1.54. The number of amides is 1. The molecule has 6 heteroatoms. The van der Waals surface area contributed by atoms with Crippen molar-refractivity contribution in [3.05, 3.63) is 50.3 Å². The molecule has 1 saturated heterocycles. The number of rotatable bonds is 2. The van der Waals surface area contributed by atoms with Crippen LogP contribution in [0.5, 0.6) is 0 Å². The number of pyridine rings is 1. The monoisotopic (exact) mass is 329 g/mol. The molecular formula is C17H19N3O2S. The van der Waals surface area contributed by atoms with E-state index in [1.807, 2.05) is 33.9 Å². The molecule has 1 amide bonds.